The molecule has 3 N–H and O–H groups in total. The molecule has 0 aliphatic heterocycles. The number of rotatable bonds is 8. The Labute approximate surface area is 90.4 Å². The maximum Gasteiger partial charge on any atom is 0.316 e. The Kier molecular flexibility index (Phi) is 7.99. The van der Waals surface area contributed by atoms with Crippen LogP contribution in [0, 0.1) is 0 Å². The van der Waals surface area contributed by atoms with Crippen LogP contribution in [0.1, 0.15) is 39.5 Å². The van der Waals surface area contributed by atoms with E-state index in [-0.39, 0.29) is 11.3 Å². The highest BCUT2D eigenvalue weighted by molar-refractivity contribution is 8.00. The first kappa shape index (κ1) is 13.8. The van der Waals surface area contributed by atoms with E-state index in [1.165, 1.54) is 11.8 Å². The average Bonchev–Trinajstić information content (AvgIpc) is 2.09. The summed E-state index contributed by atoms with van der Waals surface area (Å²) in [6.45, 7) is 4.02. The fourth-order valence-electron chi connectivity index (χ4n) is 1.06. The minimum absolute atomic E-state index is 0.170. The number of unbranched alkanes of at least 4 members (excludes halogenated alkanes) is 1. The Balaban J connectivity index is 3.68. The van der Waals surface area contributed by atoms with Crippen LogP contribution in [-0.4, -0.2) is 28.1 Å². The molecule has 84 valence electrons. The summed E-state index contributed by atoms with van der Waals surface area (Å²) in [4.78, 5) is 10.8. The van der Waals surface area contributed by atoms with E-state index < -0.39 is 5.97 Å². The Bertz CT molecular complexity index is 162. The van der Waals surface area contributed by atoms with Crippen LogP contribution in [0.5, 0.6) is 0 Å². The van der Waals surface area contributed by atoms with Gasteiger partial charge in [-0.15, -0.1) is 11.8 Å². The molecule has 0 aliphatic rings. The first-order valence-electron chi connectivity index (χ1n) is 5.18. The number of carboxylic acids is 1. The molecule has 0 fully saturated rings. The molecule has 14 heavy (non-hydrogen) atoms. The summed E-state index contributed by atoms with van der Waals surface area (Å²) >= 11 is 1.52. The zero-order chi connectivity index (χ0) is 11.0. The lowest BCUT2D eigenvalue weighted by Crippen LogP contribution is -2.20. The highest BCUT2D eigenvalue weighted by Gasteiger charge is 2.16. The fourth-order valence-corrected chi connectivity index (χ4v) is 2.33. The van der Waals surface area contributed by atoms with Gasteiger partial charge in [-0.2, -0.15) is 0 Å². The van der Waals surface area contributed by atoms with Gasteiger partial charge in [-0.25, -0.2) is 0 Å². The summed E-state index contributed by atoms with van der Waals surface area (Å²) in [5.41, 5.74) is 5.59. The minimum atomic E-state index is -0.687. The zero-order valence-corrected chi connectivity index (χ0v) is 9.85. The van der Waals surface area contributed by atoms with Gasteiger partial charge in [0.2, 0.25) is 0 Å². The highest BCUT2D eigenvalue weighted by atomic mass is 32.2. The van der Waals surface area contributed by atoms with Crippen LogP contribution in [0.15, 0.2) is 0 Å². The Morgan fingerprint density at radius 2 is 2.14 bits per heavy atom. The largest absolute Gasteiger partial charge is 0.480 e. The van der Waals surface area contributed by atoms with Gasteiger partial charge in [-0.05, 0) is 25.5 Å². The third kappa shape index (κ3) is 7.21. The van der Waals surface area contributed by atoms with Crippen molar-refractivity contribution in [1.29, 1.82) is 0 Å². The molecule has 0 saturated carbocycles. The second-order valence-electron chi connectivity index (χ2n) is 3.61. The number of aliphatic carboxylic acids is 1. The van der Waals surface area contributed by atoms with E-state index in [1.807, 2.05) is 6.92 Å². The quantitative estimate of drug-likeness (QED) is 0.656. The molecular formula is C10H21NO2S. The molecule has 0 aromatic heterocycles. The predicted octanol–water partition coefficient (Wildman–Crippen LogP) is 2.10. The third-order valence-corrected chi connectivity index (χ3v) is 3.30. The Morgan fingerprint density at radius 3 is 2.57 bits per heavy atom. The number of hydrogen-bond acceptors (Lipinski definition) is 3. The number of hydrogen-bond donors (Lipinski definition) is 2. The van der Waals surface area contributed by atoms with Crippen molar-refractivity contribution in [2.45, 2.75) is 50.8 Å². The molecule has 0 heterocycles. The summed E-state index contributed by atoms with van der Waals surface area (Å²) in [5, 5.41) is 8.67. The van der Waals surface area contributed by atoms with Gasteiger partial charge in [0.05, 0.1) is 0 Å². The molecule has 3 nitrogen and oxygen atoms in total. The van der Waals surface area contributed by atoms with Crippen LogP contribution in [0.3, 0.4) is 0 Å². The monoisotopic (exact) mass is 219 g/mol. The second kappa shape index (κ2) is 8.12. The van der Waals surface area contributed by atoms with Gasteiger partial charge in [0, 0.05) is 6.04 Å². The van der Waals surface area contributed by atoms with E-state index in [4.69, 9.17) is 10.8 Å². The van der Waals surface area contributed by atoms with E-state index in [0.29, 0.717) is 0 Å². The maximum atomic E-state index is 10.8. The van der Waals surface area contributed by atoms with E-state index >= 15 is 0 Å². The maximum absolute atomic E-state index is 10.8. The molecule has 4 heteroatoms. The molecule has 0 aliphatic carbocycles. The van der Waals surface area contributed by atoms with Crippen LogP contribution in [0.4, 0.5) is 0 Å². The van der Waals surface area contributed by atoms with Crippen molar-refractivity contribution in [2.24, 2.45) is 5.73 Å². The Morgan fingerprint density at radius 1 is 1.50 bits per heavy atom. The van der Waals surface area contributed by atoms with Crippen molar-refractivity contribution < 1.29 is 9.90 Å². The number of nitrogens with two attached hydrogens (primary N) is 1. The van der Waals surface area contributed by atoms with Crippen LogP contribution in [0.2, 0.25) is 0 Å². The lowest BCUT2D eigenvalue weighted by molar-refractivity contribution is -0.136. The van der Waals surface area contributed by atoms with Crippen LogP contribution in [-0.2, 0) is 4.79 Å². The van der Waals surface area contributed by atoms with Crippen molar-refractivity contribution in [3.8, 4) is 0 Å². The van der Waals surface area contributed by atoms with E-state index in [2.05, 4.69) is 6.92 Å². The standard InChI is InChI=1S/C10H21NO2S/c1-3-4-5-9(10(12)13)14-7-6-8(2)11/h8-9H,3-7,11H2,1-2H3,(H,12,13). The molecule has 0 saturated heterocycles. The lowest BCUT2D eigenvalue weighted by Gasteiger charge is -2.12. The summed E-state index contributed by atoms with van der Waals surface area (Å²) in [7, 11) is 0. The topological polar surface area (TPSA) is 63.3 Å². The second-order valence-corrected chi connectivity index (χ2v) is 4.92. The first-order chi connectivity index (χ1) is 6.57. The SMILES string of the molecule is CCCCC(SCCC(C)N)C(=O)O. The fraction of sp³-hybridized carbons (Fsp3) is 0.900. The molecule has 0 aromatic rings. The van der Waals surface area contributed by atoms with Crippen molar-refractivity contribution in [3.05, 3.63) is 0 Å². The van der Waals surface area contributed by atoms with Crippen molar-refractivity contribution in [2.75, 3.05) is 5.75 Å². The van der Waals surface area contributed by atoms with Crippen molar-refractivity contribution in [3.63, 3.8) is 0 Å². The molecular weight excluding hydrogens is 198 g/mol. The van der Waals surface area contributed by atoms with Gasteiger partial charge >= 0.3 is 5.97 Å². The minimum Gasteiger partial charge on any atom is -0.480 e. The highest BCUT2D eigenvalue weighted by Crippen LogP contribution is 2.18. The number of carboxylic acid groups (broad SMARTS) is 1. The first-order valence-corrected chi connectivity index (χ1v) is 6.22. The van der Waals surface area contributed by atoms with Crippen LogP contribution in [0.25, 0.3) is 0 Å². The number of thioether (sulfide) groups is 1. The molecule has 0 rings (SSSR count). The molecule has 0 spiro atoms. The summed E-state index contributed by atoms with van der Waals surface area (Å²) in [5.74, 6) is 0.159. The zero-order valence-electron chi connectivity index (χ0n) is 9.03. The summed E-state index contributed by atoms with van der Waals surface area (Å²) in [6, 6.07) is 0.170. The molecule has 0 radical (unpaired) electrons. The Hall–Kier alpha value is -0.220. The third-order valence-electron chi connectivity index (χ3n) is 1.99. The molecule has 2 unspecified atom stereocenters. The van der Waals surface area contributed by atoms with Gasteiger partial charge in [0.15, 0.2) is 0 Å². The van der Waals surface area contributed by atoms with Gasteiger partial charge < -0.3 is 10.8 Å². The van der Waals surface area contributed by atoms with E-state index in [9.17, 15) is 4.79 Å². The molecule has 0 bridgehead atoms. The molecule has 2 atom stereocenters. The van der Waals surface area contributed by atoms with Crippen molar-refractivity contribution in [1.82, 2.24) is 0 Å². The normalized spacial score (nSPS) is 15.1. The van der Waals surface area contributed by atoms with Gasteiger partial charge in [-0.3, -0.25) is 4.79 Å². The van der Waals surface area contributed by atoms with Gasteiger partial charge in [0.25, 0.3) is 0 Å². The van der Waals surface area contributed by atoms with Crippen molar-refractivity contribution >= 4 is 17.7 Å². The summed E-state index contributed by atoms with van der Waals surface area (Å²) < 4.78 is 0. The predicted molar refractivity (Wildman–Crippen MR) is 61.7 cm³/mol. The van der Waals surface area contributed by atoms with E-state index in [0.717, 1.165) is 31.4 Å². The van der Waals surface area contributed by atoms with Crippen LogP contribution < -0.4 is 5.73 Å². The lowest BCUT2D eigenvalue weighted by atomic mass is 10.2. The van der Waals surface area contributed by atoms with E-state index in [1.54, 1.807) is 0 Å². The van der Waals surface area contributed by atoms with Crippen LogP contribution >= 0.6 is 11.8 Å². The number of carbonyl (C=O) groups is 1. The summed E-state index contributed by atoms with van der Waals surface area (Å²) in [6.07, 6.45) is 3.70. The van der Waals surface area contributed by atoms with Gasteiger partial charge in [0.1, 0.15) is 5.25 Å². The molecule has 0 aromatic carbocycles. The smallest absolute Gasteiger partial charge is 0.316 e. The molecule has 0 amide bonds. The average molecular weight is 219 g/mol. The van der Waals surface area contributed by atoms with Gasteiger partial charge in [-0.1, -0.05) is 19.8 Å².